The van der Waals surface area contributed by atoms with Crippen molar-refractivity contribution in [2.75, 3.05) is 12.4 Å². The van der Waals surface area contributed by atoms with Gasteiger partial charge in [-0.3, -0.25) is 4.98 Å². The molecule has 1 N–H and O–H groups in total. The number of methoxy groups -OCH3 is 1. The predicted octanol–water partition coefficient (Wildman–Crippen LogP) is 4.62. The van der Waals surface area contributed by atoms with E-state index in [-0.39, 0.29) is 0 Å². The van der Waals surface area contributed by atoms with E-state index in [9.17, 15) is 0 Å². The Labute approximate surface area is 132 Å². The van der Waals surface area contributed by atoms with Crippen molar-refractivity contribution in [1.82, 2.24) is 4.98 Å². The van der Waals surface area contributed by atoms with Gasteiger partial charge in [-0.05, 0) is 40.2 Å². The van der Waals surface area contributed by atoms with Crippen LogP contribution in [0.4, 0.5) is 5.69 Å². The molecule has 21 heavy (non-hydrogen) atoms. The molecule has 0 unspecified atom stereocenters. The lowest BCUT2D eigenvalue weighted by Gasteiger charge is -2.10. The smallest absolute Gasteiger partial charge is 0.121 e. The number of ether oxygens (including phenoxy) is 1. The second kappa shape index (κ2) is 6.14. The topological polar surface area (TPSA) is 34.1 Å². The minimum Gasteiger partial charge on any atom is -0.497 e. The maximum absolute atomic E-state index is 5.24. The third-order valence-electron chi connectivity index (χ3n) is 3.29. The zero-order chi connectivity index (χ0) is 14.7. The van der Waals surface area contributed by atoms with Crippen molar-refractivity contribution in [3.05, 3.63) is 64.8 Å². The van der Waals surface area contributed by atoms with E-state index < -0.39 is 0 Å². The highest BCUT2D eigenvalue weighted by Gasteiger charge is 2.03. The van der Waals surface area contributed by atoms with Gasteiger partial charge in [0, 0.05) is 15.9 Å². The van der Waals surface area contributed by atoms with Crippen LogP contribution >= 0.6 is 15.9 Å². The number of hydrogen-bond acceptors (Lipinski definition) is 3. The van der Waals surface area contributed by atoms with Crippen LogP contribution in [0.5, 0.6) is 5.75 Å². The second-order valence-corrected chi connectivity index (χ2v) is 5.55. The number of nitrogens with zero attached hydrogens (tertiary/aromatic N) is 1. The molecule has 1 aromatic heterocycles. The van der Waals surface area contributed by atoms with E-state index in [2.05, 4.69) is 38.4 Å². The summed E-state index contributed by atoms with van der Waals surface area (Å²) in [5, 5.41) is 4.54. The third-order valence-corrected chi connectivity index (χ3v) is 3.98. The van der Waals surface area contributed by atoms with Crippen molar-refractivity contribution in [3.8, 4) is 5.75 Å². The standard InChI is InChI=1S/C17H15BrN2O/c1-21-14-8-9-15(18)17(10-14)19-11-13-7-6-12-4-2-3-5-16(12)20-13/h2-10,19H,11H2,1H3. The Morgan fingerprint density at radius 2 is 1.95 bits per heavy atom. The number of rotatable bonds is 4. The molecule has 0 amide bonds. The van der Waals surface area contributed by atoms with Gasteiger partial charge in [0.05, 0.1) is 30.6 Å². The average molecular weight is 343 g/mol. The molecule has 3 aromatic rings. The van der Waals surface area contributed by atoms with Crippen molar-refractivity contribution in [3.63, 3.8) is 0 Å². The number of nitrogens with one attached hydrogen (secondary N) is 1. The maximum Gasteiger partial charge on any atom is 0.121 e. The van der Waals surface area contributed by atoms with Gasteiger partial charge in [0.2, 0.25) is 0 Å². The Kier molecular flexibility index (Phi) is 4.06. The monoisotopic (exact) mass is 342 g/mol. The van der Waals surface area contributed by atoms with Gasteiger partial charge in [0.25, 0.3) is 0 Å². The fourth-order valence-electron chi connectivity index (χ4n) is 2.16. The van der Waals surface area contributed by atoms with Crippen molar-refractivity contribution >= 4 is 32.5 Å². The largest absolute Gasteiger partial charge is 0.497 e. The molecule has 0 radical (unpaired) electrons. The van der Waals surface area contributed by atoms with Crippen molar-refractivity contribution in [2.45, 2.75) is 6.54 Å². The van der Waals surface area contributed by atoms with E-state index in [1.807, 2.05) is 42.5 Å². The number of hydrogen-bond donors (Lipinski definition) is 1. The predicted molar refractivity (Wildman–Crippen MR) is 89.8 cm³/mol. The van der Waals surface area contributed by atoms with E-state index in [4.69, 9.17) is 4.74 Å². The molecule has 0 atom stereocenters. The van der Waals surface area contributed by atoms with Gasteiger partial charge in [-0.15, -0.1) is 0 Å². The maximum atomic E-state index is 5.24. The van der Waals surface area contributed by atoms with Crippen LogP contribution in [0.25, 0.3) is 10.9 Å². The lowest BCUT2D eigenvalue weighted by atomic mass is 10.2. The summed E-state index contributed by atoms with van der Waals surface area (Å²) < 4.78 is 6.25. The van der Waals surface area contributed by atoms with Gasteiger partial charge in [-0.25, -0.2) is 0 Å². The number of benzene rings is 2. The number of aromatic nitrogens is 1. The Morgan fingerprint density at radius 1 is 1.10 bits per heavy atom. The average Bonchev–Trinajstić information content (AvgIpc) is 2.54. The summed E-state index contributed by atoms with van der Waals surface area (Å²) in [5.74, 6) is 0.826. The first-order chi connectivity index (χ1) is 10.3. The molecule has 2 aromatic carbocycles. The number of pyridine rings is 1. The Bertz CT molecular complexity index is 774. The molecule has 0 spiro atoms. The Balaban J connectivity index is 1.80. The van der Waals surface area contributed by atoms with E-state index >= 15 is 0 Å². The van der Waals surface area contributed by atoms with Gasteiger partial charge in [0.15, 0.2) is 0 Å². The quantitative estimate of drug-likeness (QED) is 0.751. The van der Waals surface area contributed by atoms with Crippen LogP contribution in [0, 0.1) is 0 Å². The molecule has 3 nitrogen and oxygen atoms in total. The fourth-order valence-corrected chi connectivity index (χ4v) is 2.55. The number of halogens is 1. The molecule has 0 saturated carbocycles. The van der Waals surface area contributed by atoms with Crippen molar-refractivity contribution < 1.29 is 4.74 Å². The summed E-state index contributed by atoms with van der Waals surface area (Å²) >= 11 is 3.53. The molecule has 0 fully saturated rings. The highest BCUT2D eigenvalue weighted by atomic mass is 79.9. The molecule has 1 heterocycles. The van der Waals surface area contributed by atoms with Gasteiger partial charge >= 0.3 is 0 Å². The first-order valence-corrected chi connectivity index (χ1v) is 7.47. The van der Waals surface area contributed by atoms with E-state index in [0.717, 1.165) is 32.5 Å². The van der Waals surface area contributed by atoms with E-state index in [1.54, 1.807) is 7.11 Å². The molecule has 0 aliphatic rings. The summed E-state index contributed by atoms with van der Waals surface area (Å²) in [6, 6.07) is 18.1. The summed E-state index contributed by atoms with van der Waals surface area (Å²) in [4.78, 5) is 4.65. The van der Waals surface area contributed by atoms with Gasteiger partial charge in [0.1, 0.15) is 5.75 Å². The number of para-hydroxylation sites is 1. The zero-order valence-corrected chi connectivity index (χ0v) is 13.2. The SMILES string of the molecule is COc1ccc(Br)c(NCc2ccc3ccccc3n2)c1. The van der Waals surface area contributed by atoms with Gasteiger partial charge < -0.3 is 10.1 Å². The van der Waals surface area contributed by atoms with Crippen molar-refractivity contribution in [2.24, 2.45) is 0 Å². The number of anilines is 1. The molecule has 0 bridgehead atoms. The highest BCUT2D eigenvalue weighted by Crippen LogP contribution is 2.27. The van der Waals surface area contributed by atoms with Crippen molar-refractivity contribution in [1.29, 1.82) is 0 Å². The normalized spacial score (nSPS) is 10.6. The van der Waals surface area contributed by atoms with Crippen LogP contribution in [0.15, 0.2) is 59.1 Å². The summed E-state index contributed by atoms with van der Waals surface area (Å²) in [5.41, 5.74) is 3.01. The van der Waals surface area contributed by atoms with Crippen LogP contribution < -0.4 is 10.1 Å². The summed E-state index contributed by atoms with van der Waals surface area (Å²) in [6.07, 6.45) is 0. The molecule has 0 aliphatic heterocycles. The summed E-state index contributed by atoms with van der Waals surface area (Å²) in [6.45, 7) is 0.663. The fraction of sp³-hybridized carbons (Fsp3) is 0.118. The lowest BCUT2D eigenvalue weighted by molar-refractivity contribution is 0.415. The van der Waals surface area contributed by atoms with Gasteiger partial charge in [-0.2, -0.15) is 0 Å². The number of fused-ring (bicyclic) bond motifs is 1. The van der Waals surface area contributed by atoms with Crippen LogP contribution in [-0.2, 0) is 6.54 Å². The van der Waals surface area contributed by atoms with Gasteiger partial charge in [-0.1, -0.05) is 24.3 Å². The summed E-state index contributed by atoms with van der Waals surface area (Å²) in [7, 11) is 1.66. The minimum absolute atomic E-state index is 0.663. The van der Waals surface area contributed by atoms with E-state index in [0.29, 0.717) is 6.54 Å². The van der Waals surface area contributed by atoms with Crippen LogP contribution in [0.3, 0.4) is 0 Å². The molecule has 4 heteroatoms. The lowest BCUT2D eigenvalue weighted by Crippen LogP contribution is -2.02. The molecule has 0 saturated heterocycles. The van der Waals surface area contributed by atoms with E-state index in [1.165, 1.54) is 0 Å². The van der Waals surface area contributed by atoms with Crippen LogP contribution in [0.2, 0.25) is 0 Å². The Morgan fingerprint density at radius 3 is 2.81 bits per heavy atom. The molecule has 3 rings (SSSR count). The molecule has 106 valence electrons. The first kappa shape index (κ1) is 13.9. The van der Waals surface area contributed by atoms with Crippen LogP contribution in [0.1, 0.15) is 5.69 Å². The highest BCUT2D eigenvalue weighted by molar-refractivity contribution is 9.10. The zero-order valence-electron chi connectivity index (χ0n) is 11.6. The first-order valence-electron chi connectivity index (χ1n) is 6.68. The molecule has 0 aliphatic carbocycles. The molecular formula is C17H15BrN2O. The Hall–Kier alpha value is -2.07. The third kappa shape index (κ3) is 3.16. The molecular weight excluding hydrogens is 328 g/mol. The van der Waals surface area contributed by atoms with Crippen LogP contribution in [-0.4, -0.2) is 12.1 Å². The second-order valence-electron chi connectivity index (χ2n) is 4.69. The minimum atomic E-state index is 0.663.